The molecule has 0 radical (unpaired) electrons. The Morgan fingerprint density at radius 2 is 1.88 bits per heavy atom. The highest BCUT2D eigenvalue weighted by Crippen LogP contribution is 2.25. The Bertz CT molecular complexity index is 178. The molecule has 0 bridgehead atoms. The first kappa shape index (κ1) is 14.0. The van der Waals surface area contributed by atoms with Gasteiger partial charge in [0.05, 0.1) is 0 Å². The first-order valence-electron chi connectivity index (χ1n) is 7.16. The predicted molar refractivity (Wildman–Crippen MR) is 71.8 cm³/mol. The molecule has 0 spiro atoms. The van der Waals surface area contributed by atoms with E-state index in [4.69, 9.17) is 0 Å². The largest absolute Gasteiger partial charge is 0.317 e. The van der Waals surface area contributed by atoms with E-state index in [-0.39, 0.29) is 0 Å². The van der Waals surface area contributed by atoms with Crippen LogP contribution < -0.4 is 5.32 Å². The fourth-order valence-corrected chi connectivity index (χ4v) is 2.97. The van der Waals surface area contributed by atoms with Crippen LogP contribution in [0, 0.1) is 5.92 Å². The van der Waals surface area contributed by atoms with Gasteiger partial charge < -0.3 is 10.2 Å². The maximum Gasteiger partial charge on any atom is 0.0111 e. The summed E-state index contributed by atoms with van der Waals surface area (Å²) in [6.45, 7) is 9.50. The summed E-state index contributed by atoms with van der Waals surface area (Å²) >= 11 is 0. The van der Waals surface area contributed by atoms with Crippen LogP contribution in [0.5, 0.6) is 0 Å². The van der Waals surface area contributed by atoms with Gasteiger partial charge in [0.1, 0.15) is 0 Å². The van der Waals surface area contributed by atoms with Crippen LogP contribution >= 0.6 is 0 Å². The molecule has 0 saturated heterocycles. The summed E-state index contributed by atoms with van der Waals surface area (Å²) in [6, 6.07) is 1.60. The van der Waals surface area contributed by atoms with E-state index in [1.807, 2.05) is 0 Å². The molecule has 1 rings (SSSR count). The summed E-state index contributed by atoms with van der Waals surface area (Å²) in [5.74, 6) is 0.897. The van der Waals surface area contributed by atoms with Gasteiger partial charge in [-0.25, -0.2) is 0 Å². The van der Waals surface area contributed by atoms with Crippen molar-refractivity contribution >= 4 is 0 Å². The van der Waals surface area contributed by atoms with E-state index in [9.17, 15) is 0 Å². The molecule has 0 aromatic heterocycles. The third-order valence-corrected chi connectivity index (χ3v) is 4.38. The number of rotatable bonds is 7. The number of hydrogen-bond donors (Lipinski definition) is 1. The van der Waals surface area contributed by atoms with Crippen LogP contribution in [-0.4, -0.2) is 37.1 Å². The summed E-state index contributed by atoms with van der Waals surface area (Å²) in [5, 5.41) is 3.43. The fraction of sp³-hybridized carbons (Fsp3) is 1.00. The van der Waals surface area contributed by atoms with E-state index in [2.05, 4.69) is 38.0 Å². The van der Waals surface area contributed by atoms with Crippen LogP contribution in [-0.2, 0) is 0 Å². The monoisotopic (exact) mass is 226 g/mol. The van der Waals surface area contributed by atoms with Crippen molar-refractivity contribution in [1.82, 2.24) is 10.2 Å². The van der Waals surface area contributed by atoms with Gasteiger partial charge in [-0.2, -0.15) is 0 Å². The third-order valence-electron chi connectivity index (χ3n) is 4.38. The lowest BCUT2D eigenvalue weighted by Crippen LogP contribution is -2.38. The first-order valence-corrected chi connectivity index (χ1v) is 7.16. The predicted octanol–water partition coefficient (Wildman–Crippen LogP) is 2.89. The number of hydrogen-bond acceptors (Lipinski definition) is 2. The van der Waals surface area contributed by atoms with Crippen molar-refractivity contribution in [2.75, 3.05) is 20.1 Å². The SMILES string of the molecule is CCC(CC)CN(CC)C1CCC(NC)C1. The lowest BCUT2D eigenvalue weighted by molar-refractivity contribution is 0.170. The quantitative estimate of drug-likeness (QED) is 0.718. The Kier molecular flexibility index (Phi) is 6.37. The van der Waals surface area contributed by atoms with Crippen molar-refractivity contribution in [3.8, 4) is 0 Å². The van der Waals surface area contributed by atoms with Crippen LogP contribution in [0.2, 0.25) is 0 Å². The van der Waals surface area contributed by atoms with Crippen molar-refractivity contribution in [3.63, 3.8) is 0 Å². The van der Waals surface area contributed by atoms with Gasteiger partial charge in [-0.1, -0.05) is 33.6 Å². The molecule has 1 saturated carbocycles. The number of nitrogens with one attached hydrogen (secondary N) is 1. The molecule has 16 heavy (non-hydrogen) atoms. The van der Waals surface area contributed by atoms with Gasteiger partial charge >= 0.3 is 0 Å². The average Bonchev–Trinajstić information content (AvgIpc) is 2.79. The van der Waals surface area contributed by atoms with Gasteiger partial charge in [-0.3, -0.25) is 0 Å². The molecule has 0 aromatic rings. The van der Waals surface area contributed by atoms with E-state index >= 15 is 0 Å². The Balaban J connectivity index is 2.42. The molecule has 0 aliphatic heterocycles. The molecule has 2 atom stereocenters. The summed E-state index contributed by atoms with van der Waals surface area (Å²) in [4.78, 5) is 2.72. The molecule has 2 heteroatoms. The molecule has 0 aromatic carbocycles. The minimum atomic E-state index is 0.765. The number of nitrogens with zero attached hydrogens (tertiary/aromatic N) is 1. The van der Waals surface area contributed by atoms with E-state index < -0.39 is 0 Å². The van der Waals surface area contributed by atoms with Crippen molar-refractivity contribution in [2.24, 2.45) is 5.92 Å². The maximum atomic E-state index is 3.43. The molecule has 1 N–H and O–H groups in total. The third kappa shape index (κ3) is 3.74. The minimum absolute atomic E-state index is 0.765. The van der Waals surface area contributed by atoms with Gasteiger partial charge in [-0.15, -0.1) is 0 Å². The fourth-order valence-electron chi connectivity index (χ4n) is 2.97. The van der Waals surface area contributed by atoms with Gasteiger partial charge in [0.15, 0.2) is 0 Å². The second kappa shape index (κ2) is 7.29. The Labute approximate surface area is 102 Å². The summed E-state index contributed by atoms with van der Waals surface area (Å²) < 4.78 is 0. The van der Waals surface area contributed by atoms with Gasteiger partial charge in [0.25, 0.3) is 0 Å². The molecule has 2 nitrogen and oxygen atoms in total. The molecule has 2 unspecified atom stereocenters. The summed E-state index contributed by atoms with van der Waals surface area (Å²) in [6.07, 6.45) is 6.76. The van der Waals surface area contributed by atoms with Crippen molar-refractivity contribution < 1.29 is 0 Å². The zero-order valence-electron chi connectivity index (χ0n) is 11.6. The van der Waals surface area contributed by atoms with Gasteiger partial charge in [-0.05, 0) is 38.8 Å². The average molecular weight is 226 g/mol. The normalized spacial score (nSPS) is 25.9. The highest BCUT2D eigenvalue weighted by atomic mass is 15.2. The van der Waals surface area contributed by atoms with E-state index in [0.717, 1.165) is 18.0 Å². The first-order chi connectivity index (χ1) is 7.74. The molecule has 1 aliphatic carbocycles. The van der Waals surface area contributed by atoms with Gasteiger partial charge in [0, 0.05) is 18.6 Å². The molecule has 0 amide bonds. The zero-order valence-corrected chi connectivity index (χ0v) is 11.6. The van der Waals surface area contributed by atoms with Crippen molar-refractivity contribution in [2.45, 2.75) is 65.0 Å². The standard InChI is InChI=1S/C14H30N2/c1-5-12(6-2)11-16(7-3)14-9-8-13(10-14)15-4/h12-15H,5-11H2,1-4H3. The van der Waals surface area contributed by atoms with Crippen LogP contribution in [0.4, 0.5) is 0 Å². The zero-order chi connectivity index (χ0) is 12.0. The van der Waals surface area contributed by atoms with Crippen LogP contribution in [0.1, 0.15) is 52.9 Å². The lowest BCUT2D eigenvalue weighted by atomic mass is 10.0. The summed E-state index contributed by atoms with van der Waals surface area (Å²) in [7, 11) is 2.10. The second-order valence-electron chi connectivity index (χ2n) is 5.22. The van der Waals surface area contributed by atoms with Crippen molar-refractivity contribution in [1.29, 1.82) is 0 Å². The van der Waals surface area contributed by atoms with Crippen LogP contribution in [0.15, 0.2) is 0 Å². The van der Waals surface area contributed by atoms with Crippen molar-refractivity contribution in [3.05, 3.63) is 0 Å². The van der Waals surface area contributed by atoms with E-state index in [1.165, 1.54) is 45.2 Å². The maximum absolute atomic E-state index is 3.43. The molecule has 96 valence electrons. The molecular weight excluding hydrogens is 196 g/mol. The second-order valence-corrected chi connectivity index (χ2v) is 5.22. The highest BCUT2D eigenvalue weighted by Gasteiger charge is 2.28. The molecular formula is C14H30N2. The molecule has 1 fully saturated rings. The topological polar surface area (TPSA) is 15.3 Å². The Morgan fingerprint density at radius 1 is 1.19 bits per heavy atom. The molecule has 0 heterocycles. The van der Waals surface area contributed by atoms with Crippen LogP contribution in [0.3, 0.4) is 0 Å². The highest BCUT2D eigenvalue weighted by molar-refractivity contribution is 4.86. The van der Waals surface area contributed by atoms with Gasteiger partial charge in [0.2, 0.25) is 0 Å². The smallest absolute Gasteiger partial charge is 0.0111 e. The molecule has 1 aliphatic rings. The van der Waals surface area contributed by atoms with Crippen LogP contribution in [0.25, 0.3) is 0 Å². The Morgan fingerprint density at radius 3 is 2.31 bits per heavy atom. The minimum Gasteiger partial charge on any atom is -0.317 e. The lowest BCUT2D eigenvalue weighted by Gasteiger charge is -2.31. The van der Waals surface area contributed by atoms with E-state index in [0.29, 0.717) is 0 Å². The Hall–Kier alpha value is -0.0800. The summed E-state index contributed by atoms with van der Waals surface area (Å²) in [5.41, 5.74) is 0. The van der Waals surface area contributed by atoms with E-state index in [1.54, 1.807) is 0 Å².